The van der Waals surface area contributed by atoms with Crippen LogP contribution < -0.4 is 5.32 Å². The van der Waals surface area contributed by atoms with Crippen molar-refractivity contribution < 1.29 is 19.4 Å². The van der Waals surface area contributed by atoms with Gasteiger partial charge in [0, 0.05) is 23.5 Å². The Kier molecular flexibility index (Phi) is 5.20. The van der Waals surface area contributed by atoms with Gasteiger partial charge < -0.3 is 20.1 Å². The van der Waals surface area contributed by atoms with Crippen LogP contribution in [0.2, 0.25) is 0 Å². The molecule has 26 heavy (non-hydrogen) atoms. The molecule has 1 amide bonds. The lowest BCUT2D eigenvalue weighted by molar-refractivity contribution is -0.144. The van der Waals surface area contributed by atoms with Crippen LogP contribution in [0.25, 0.3) is 10.9 Å². The molecule has 0 saturated heterocycles. The summed E-state index contributed by atoms with van der Waals surface area (Å²) in [6, 6.07) is 7.69. The minimum atomic E-state index is -1.44. The maximum Gasteiger partial charge on any atom is 0.408 e. The number of aromatic nitrogens is 1. The Morgan fingerprint density at radius 3 is 2.77 bits per heavy atom. The van der Waals surface area contributed by atoms with E-state index >= 15 is 0 Å². The topological polar surface area (TPSA) is 91.4 Å². The summed E-state index contributed by atoms with van der Waals surface area (Å²) in [6.45, 7) is 3.59. The first-order valence-electron chi connectivity index (χ1n) is 9.16. The molecule has 1 aromatic heterocycles. The van der Waals surface area contributed by atoms with Crippen molar-refractivity contribution in [2.75, 3.05) is 0 Å². The maximum atomic E-state index is 12.4. The van der Waals surface area contributed by atoms with Crippen molar-refractivity contribution in [2.24, 2.45) is 5.92 Å². The van der Waals surface area contributed by atoms with Gasteiger partial charge in [-0.25, -0.2) is 9.59 Å². The molecule has 3 N–H and O–H groups in total. The number of hydrogen-bond donors (Lipinski definition) is 3. The fourth-order valence-corrected chi connectivity index (χ4v) is 3.68. The van der Waals surface area contributed by atoms with Gasteiger partial charge in [0.05, 0.1) is 0 Å². The highest BCUT2D eigenvalue weighted by atomic mass is 16.6. The molecule has 1 saturated carbocycles. The lowest BCUT2D eigenvalue weighted by Gasteiger charge is -2.31. The van der Waals surface area contributed by atoms with Crippen LogP contribution in [-0.4, -0.2) is 33.8 Å². The van der Waals surface area contributed by atoms with Crippen LogP contribution in [0.4, 0.5) is 4.79 Å². The molecule has 6 nitrogen and oxygen atoms in total. The first kappa shape index (κ1) is 18.3. The highest BCUT2D eigenvalue weighted by Gasteiger charge is 2.37. The number of aromatic amines is 1. The number of carboxylic acid groups (broad SMARTS) is 1. The number of carboxylic acids is 1. The number of H-pyrrole nitrogens is 1. The lowest BCUT2D eigenvalue weighted by Crippen LogP contribution is -2.54. The number of rotatable bonds is 5. The Morgan fingerprint density at radius 1 is 1.31 bits per heavy atom. The molecule has 6 heteroatoms. The number of alkyl carbamates (subject to hydrolysis) is 1. The third kappa shape index (κ3) is 3.84. The van der Waals surface area contributed by atoms with E-state index in [0.29, 0.717) is 5.92 Å². The maximum absolute atomic E-state index is 12.4. The van der Waals surface area contributed by atoms with Crippen molar-refractivity contribution in [1.82, 2.24) is 10.3 Å². The molecule has 1 aromatic carbocycles. The van der Waals surface area contributed by atoms with Crippen LogP contribution in [0.5, 0.6) is 0 Å². The van der Waals surface area contributed by atoms with Crippen LogP contribution in [0, 0.1) is 5.92 Å². The summed E-state index contributed by atoms with van der Waals surface area (Å²) in [4.78, 5) is 27.4. The lowest BCUT2D eigenvalue weighted by atomic mass is 9.88. The van der Waals surface area contributed by atoms with Crippen molar-refractivity contribution >= 4 is 23.0 Å². The van der Waals surface area contributed by atoms with Gasteiger partial charge in [0.25, 0.3) is 0 Å². The van der Waals surface area contributed by atoms with E-state index in [1.165, 1.54) is 6.92 Å². The molecular weight excluding hydrogens is 332 g/mol. The van der Waals surface area contributed by atoms with Gasteiger partial charge in [-0.3, -0.25) is 0 Å². The van der Waals surface area contributed by atoms with Crippen LogP contribution in [0.15, 0.2) is 30.5 Å². The Bertz CT molecular complexity index is 800. The van der Waals surface area contributed by atoms with E-state index in [-0.39, 0.29) is 12.5 Å². The molecule has 0 spiro atoms. The van der Waals surface area contributed by atoms with Gasteiger partial charge in [-0.05, 0) is 43.7 Å². The minimum Gasteiger partial charge on any atom is -0.480 e. The quantitative estimate of drug-likeness (QED) is 0.757. The molecule has 140 valence electrons. The predicted octanol–water partition coefficient (Wildman–Crippen LogP) is 3.86. The predicted molar refractivity (Wildman–Crippen MR) is 99.1 cm³/mol. The number of carbonyl (C=O) groups is 2. The van der Waals surface area contributed by atoms with Crippen molar-refractivity contribution in [1.29, 1.82) is 0 Å². The van der Waals surface area contributed by atoms with Gasteiger partial charge in [-0.1, -0.05) is 31.5 Å². The molecule has 1 aliphatic carbocycles. The van der Waals surface area contributed by atoms with Gasteiger partial charge in [0.1, 0.15) is 11.6 Å². The van der Waals surface area contributed by atoms with E-state index in [1.807, 2.05) is 24.3 Å². The summed E-state index contributed by atoms with van der Waals surface area (Å²) in [5.74, 6) is -0.782. The highest BCUT2D eigenvalue weighted by molar-refractivity contribution is 5.87. The fraction of sp³-hybridized carbons (Fsp3) is 0.500. The van der Waals surface area contributed by atoms with E-state index in [9.17, 15) is 14.7 Å². The Morgan fingerprint density at radius 2 is 2.04 bits per heavy atom. The number of ether oxygens (including phenoxy) is 1. The van der Waals surface area contributed by atoms with E-state index in [0.717, 1.165) is 42.1 Å². The zero-order valence-corrected chi connectivity index (χ0v) is 15.2. The molecule has 2 unspecified atom stereocenters. The van der Waals surface area contributed by atoms with Crippen LogP contribution in [0.3, 0.4) is 0 Å². The number of hydrogen-bond acceptors (Lipinski definition) is 3. The van der Waals surface area contributed by atoms with E-state index in [1.54, 1.807) is 6.20 Å². The fourth-order valence-electron chi connectivity index (χ4n) is 3.68. The average molecular weight is 358 g/mol. The number of fused-ring (bicyclic) bond motifs is 1. The van der Waals surface area contributed by atoms with E-state index in [2.05, 4.69) is 17.2 Å². The standard InChI is InChI=1S/C20H26N2O4/c1-13-7-3-6-10-17(13)26-19(25)22-20(2,18(23)24)11-14-12-21-16-9-5-4-8-15(14)16/h4-5,8-9,12-13,17,21H,3,6-7,10-11H2,1-2H3,(H,22,25)(H,23,24)/t13?,17?,20-/m1/s1. The molecule has 0 bridgehead atoms. The average Bonchev–Trinajstić information content (AvgIpc) is 2.99. The van der Waals surface area contributed by atoms with Crippen molar-refractivity contribution in [3.8, 4) is 0 Å². The number of amides is 1. The molecule has 2 aromatic rings. The molecule has 3 atom stereocenters. The highest BCUT2D eigenvalue weighted by Crippen LogP contribution is 2.27. The normalized spacial score (nSPS) is 22.5. The molecular formula is C20H26N2O4. The SMILES string of the molecule is CC1CCCCC1OC(=O)N[C@](C)(Cc1c[nH]c2ccccc12)C(=O)O. The summed E-state index contributed by atoms with van der Waals surface area (Å²) in [5.41, 5.74) is 0.339. The molecule has 1 heterocycles. The Balaban J connectivity index is 1.72. The van der Waals surface area contributed by atoms with Crippen LogP contribution >= 0.6 is 0 Å². The number of carbonyl (C=O) groups excluding carboxylic acids is 1. The third-order valence-corrected chi connectivity index (χ3v) is 5.36. The monoisotopic (exact) mass is 358 g/mol. The summed E-state index contributed by atoms with van der Waals surface area (Å²) in [6.07, 6.45) is 5.21. The number of aliphatic carboxylic acids is 1. The molecule has 1 fully saturated rings. The van der Waals surface area contributed by atoms with Crippen LogP contribution in [-0.2, 0) is 16.0 Å². The Labute approximate surface area is 152 Å². The first-order valence-corrected chi connectivity index (χ1v) is 9.16. The number of benzene rings is 1. The molecule has 0 aliphatic heterocycles. The second-order valence-electron chi connectivity index (χ2n) is 7.50. The summed E-state index contributed by atoms with van der Waals surface area (Å²) < 4.78 is 5.53. The van der Waals surface area contributed by atoms with Gasteiger partial charge in [-0.2, -0.15) is 0 Å². The van der Waals surface area contributed by atoms with Crippen molar-refractivity contribution in [2.45, 2.75) is 57.6 Å². The molecule has 3 rings (SSSR count). The minimum absolute atomic E-state index is 0.144. The van der Waals surface area contributed by atoms with Crippen molar-refractivity contribution in [3.05, 3.63) is 36.0 Å². The zero-order valence-electron chi connectivity index (χ0n) is 15.2. The van der Waals surface area contributed by atoms with E-state index < -0.39 is 17.6 Å². The van der Waals surface area contributed by atoms with E-state index in [4.69, 9.17) is 4.74 Å². The van der Waals surface area contributed by atoms with Gasteiger partial charge in [0.2, 0.25) is 0 Å². The van der Waals surface area contributed by atoms with Gasteiger partial charge >= 0.3 is 12.1 Å². The molecule has 0 radical (unpaired) electrons. The van der Waals surface area contributed by atoms with Crippen molar-refractivity contribution in [3.63, 3.8) is 0 Å². The second kappa shape index (κ2) is 7.40. The third-order valence-electron chi connectivity index (χ3n) is 5.36. The second-order valence-corrected chi connectivity index (χ2v) is 7.50. The Hall–Kier alpha value is -2.50. The summed E-state index contributed by atoms with van der Waals surface area (Å²) in [7, 11) is 0. The van der Waals surface area contributed by atoms with Gasteiger partial charge in [0.15, 0.2) is 0 Å². The summed E-state index contributed by atoms with van der Waals surface area (Å²) >= 11 is 0. The first-order chi connectivity index (χ1) is 12.4. The number of nitrogens with one attached hydrogen (secondary N) is 2. The largest absolute Gasteiger partial charge is 0.480 e. The summed E-state index contributed by atoms with van der Waals surface area (Å²) in [5, 5.41) is 13.3. The van der Waals surface area contributed by atoms with Crippen LogP contribution in [0.1, 0.15) is 45.1 Å². The van der Waals surface area contributed by atoms with Gasteiger partial charge in [-0.15, -0.1) is 0 Å². The molecule has 1 aliphatic rings. The smallest absolute Gasteiger partial charge is 0.408 e. The number of para-hydroxylation sites is 1. The zero-order chi connectivity index (χ0) is 18.7.